The molecular weight excluding hydrogens is 415 g/mol. The van der Waals surface area contributed by atoms with Gasteiger partial charge in [-0.3, -0.25) is 4.57 Å². The quantitative estimate of drug-likeness (QED) is 0.422. The Morgan fingerprint density at radius 3 is 2.29 bits per heavy atom. The minimum absolute atomic E-state index is 0.268. The molecule has 0 aliphatic rings. The number of sulfone groups is 1. The van der Waals surface area contributed by atoms with Crippen molar-refractivity contribution in [3.8, 4) is 22.6 Å². The third-order valence-corrected chi connectivity index (χ3v) is 6.23. The molecule has 5 rings (SSSR count). The monoisotopic (exact) mass is 432 g/mol. The molecule has 0 amide bonds. The van der Waals surface area contributed by atoms with Crippen LogP contribution in [0.2, 0.25) is 0 Å². The maximum atomic E-state index is 13.3. The minimum atomic E-state index is -3.26. The highest BCUT2D eigenvalue weighted by Gasteiger charge is 2.12. The molecule has 31 heavy (non-hydrogen) atoms. The van der Waals surface area contributed by atoms with E-state index in [0.717, 1.165) is 33.7 Å². The molecule has 3 aromatic carbocycles. The fourth-order valence-electron chi connectivity index (χ4n) is 3.54. The molecule has 0 aliphatic carbocycles. The van der Waals surface area contributed by atoms with Gasteiger partial charge in [0.15, 0.2) is 9.84 Å². The van der Waals surface area contributed by atoms with Gasteiger partial charge in [-0.05, 0) is 66.7 Å². The second-order valence-corrected chi connectivity index (χ2v) is 9.20. The van der Waals surface area contributed by atoms with E-state index in [1.165, 1.54) is 18.4 Å². The summed E-state index contributed by atoms with van der Waals surface area (Å²) >= 11 is 0. The van der Waals surface area contributed by atoms with Crippen LogP contribution in [0.25, 0.3) is 33.7 Å². The topological polar surface area (TPSA) is 69.8 Å². The van der Waals surface area contributed by atoms with E-state index in [1.54, 1.807) is 53.6 Å². The van der Waals surface area contributed by atoms with Gasteiger partial charge in [0.25, 0.3) is 0 Å². The summed E-state index contributed by atoms with van der Waals surface area (Å²) in [7, 11) is -3.26. The molecule has 0 unspecified atom stereocenters. The molecule has 0 atom stereocenters. The van der Waals surface area contributed by atoms with Crippen molar-refractivity contribution in [3.63, 3.8) is 0 Å². The van der Waals surface area contributed by atoms with E-state index in [0.29, 0.717) is 0 Å². The lowest BCUT2D eigenvalue weighted by molar-refractivity contribution is 0.602. The molecule has 0 saturated heterocycles. The second-order valence-electron chi connectivity index (χ2n) is 7.19. The molecular formula is C23H17FN4O2S. The lowest BCUT2D eigenvalue weighted by Crippen LogP contribution is -1.99. The number of hydrogen-bond donors (Lipinski definition) is 0. The van der Waals surface area contributed by atoms with E-state index in [2.05, 4.69) is 10.1 Å². The van der Waals surface area contributed by atoms with Gasteiger partial charge in [-0.25, -0.2) is 22.5 Å². The summed E-state index contributed by atoms with van der Waals surface area (Å²) in [6.45, 7) is 0. The van der Waals surface area contributed by atoms with E-state index < -0.39 is 9.84 Å². The van der Waals surface area contributed by atoms with Crippen LogP contribution >= 0.6 is 0 Å². The molecule has 0 bridgehead atoms. The van der Waals surface area contributed by atoms with E-state index in [9.17, 15) is 12.8 Å². The van der Waals surface area contributed by atoms with Crippen LogP contribution in [0.3, 0.4) is 0 Å². The number of benzene rings is 3. The highest BCUT2D eigenvalue weighted by molar-refractivity contribution is 7.90. The Labute approximate surface area is 178 Å². The maximum absolute atomic E-state index is 13.3. The van der Waals surface area contributed by atoms with Crippen LogP contribution in [0.4, 0.5) is 4.39 Å². The van der Waals surface area contributed by atoms with Crippen molar-refractivity contribution in [1.29, 1.82) is 0 Å². The lowest BCUT2D eigenvalue weighted by atomic mass is 10.1. The van der Waals surface area contributed by atoms with Gasteiger partial charge in [-0.1, -0.05) is 6.07 Å². The van der Waals surface area contributed by atoms with Gasteiger partial charge in [0.05, 0.1) is 33.5 Å². The first-order valence-electron chi connectivity index (χ1n) is 9.48. The molecule has 154 valence electrons. The number of imidazole rings is 1. The average Bonchev–Trinajstić information content (AvgIpc) is 3.40. The molecule has 0 fully saturated rings. The standard InChI is InChI=1S/C23H17FN4O2S/c1-31(29,30)20-9-7-18(8-10-20)27-15-25-21-11-2-16(14-23(21)27)22-12-13-26-28(22)19-5-3-17(24)4-6-19/h2-15H,1H3. The van der Waals surface area contributed by atoms with Gasteiger partial charge in [0.2, 0.25) is 0 Å². The van der Waals surface area contributed by atoms with Crippen LogP contribution in [0.1, 0.15) is 0 Å². The Balaban J connectivity index is 1.60. The number of rotatable bonds is 4. The number of aromatic nitrogens is 4. The molecule has 2 heterocycles. The third-order valence-electron chi connectivity index (χ3n) is 5.10. The van der Waals surface area contributed by atoms with Crippen LogP contribution in [0.5, 0.6) is 0 Å². The first-order valence-corrected chi connectivity index (χ1v) is 11.4. The van der Waals surface area contributed by atoms with Gasteiger partial charge >= 0.3 is 0 Å². The number of hydrogen-bond acceptors (Lipinski definition) is 4. The summed E-state index contributed by atoms with van der Waals surface area (Å²) in [5.74, 6) is -0.301. The first kappa shape index (κ1) is 19.2. The molecule has 6 nitrogen and oxygen atoms in total. The lowest BCUT2D eigenvalue weighted by Gasteiger charge is -2.09. The Morgan fingerprint density at radius 2 is 1.58 bits per heavy atom. The van der Waals surface area contributed by atoms with Crippen LogP contribution in [0, 0.1) is 5.82 Å². The summed E-state index contributed by atoms with van der Waals surface area (Å²) in [6.07, 6.45) is 4.59. The number of fused-ring (bicyclic) bond motifs is 1. The summed E-state index contributed by atoms with van der Waals surface area (Å²) in [5, 5.41) is 4.39. The zero-order valence-electron chi connectivity index (χ0n) is 16.5. The summed E-state index contributed by atoms with van der Waals surface area (Å²) in [6, 6.07) is 20.6. The van der Waals surface area contributed by atoms with Crippen molar-refractivity contribution in [2.75, 3.05) is 6.26 Å². The second kappa shape index (κ2) is 7.17. The largest absolute Gasteiger partial charge is 0.299 e. The van der Waals surface area contributed by atoms with E-state index >= 15 is 0 Å². The van der Waals surface area contributed by atoms with E-state index in [4.69, 9.17) is 0 Å². The minimum Gasteiger partial charge on any atom is -0.299 e. The van der Waals surface area contributed by atoms with E-state index in [-0.39, 0.29) is 10.7 Å². The Kier molecular flexibility index (Phi) is 4.44. The van der Waals surface area contributed by atoms with Crippen molar-refractivity contribution in [1.82, 2.24) is 19.3 Å². The van der Waals surface area contributed by atoms with E-state index in [1.807, 2.05) is 28.8 Å². The molecule has 0 radical (unpaired) electrons. The fraction of sp³-hybridized carbons (Fsp3) is 0.0435. The van der Waals surface area contributed by atoms with Gasteiger partial charge < -0.3 is 0 Å². The SMILES string of the molecule is CS(=O)(=O)c1ccc(-n2cnc3ccc(-c4ccnn4-c4ccc(F)cc4)cc32)cc1. The van der Waals surface area contributed by atoms with Crippen molar-refractivity contribution < 1.29 is 12.8 Å². The summed E-state index contributed by atoms with van der Waals surface area (Å²) in [5.41, 5.74) is 5.02. The van der Waals surface area contributed by atoms with Crippen molar-refractivity contribution >= 4 is 20.9 Å². The van der Waals surface area contributed by atoms with Gasteiger partial charge in [-0.2, -0.15) is 5.10 Å². The fourth-order valence-corrected chi connectivity index (χ4v) is 4.17. The van der Waals surface area contributed by atoms with Gasteiger partial charge in [0, 0.05) is 17.5 Å². The molecule has 0 spiro atoms. The zero-order chi connectivity index (χ0) is 21.6. The van der Waals surface area contributed by atoms with Crippen LogP contribution < -0.4 is 0 Å². The number of nitrogens with zero attached hydrogens (tertiary/aromatic N) is 4. The number of halogens is 1. The van der Waals surface area contributed by atoms with Crippen molar-refractivity contribution in [2.45, 2.75) is 4.90 Å². The molecule has 5 aromatic rings. The molecule has 8 heteroatoms. The predicted octanol–water partition coefficient (Wildman–Crippen LogP) is 4.42. The summed E-state index contributed by atoms with van der Waals surface area (Å²) in [4.78, 5) is 4.73. The zero-order valence-corrected chi connectivity index (χ0v) is 17.3. The highest BCUT2D eigenvalue weighted by Crippen LogP contribution is 2.28. The molecule has 0 saturated carbocycles. The summed E-state index contributed by atoms with van der Waals surface area (Å²) < 4.78 is 40.4. The van der Waals surface area contributed by atoms with Crippen molar-refractivity contribution in [3.05, 3.63) is 91.1 Å². The third kappa shape index (κ3) is 3.51. The maximum Gasteiger partial charge on any atom is 0.175 e. The van der Waals surface area contributed by atoms with Crippen molar-refractivity contribution in [2.24, 2.45) is 0 Å². The smallest absolute Gasteiger partial charge is 0.175 e. The first-order chi connectivity index (χ1) is 14.9. The van der Waals surface area contributed by atoms with Crippen LogP contribution in [0.15, 0.2) is 90.2 Å². The Hall–Kier alpha value is -3.78. The van der Waals surface area contributed by atoms with Crippen LogP contribution in [-0.2, 0) is 9.84 Å². The Morgan fingerprint density at radius 1 is 0.871 bits per heavy atom. The highest BCUT2D eigenvalue weighted by atomic mass is 32.2. The van der Waals surface area contributed by atoms with Gasteiger partial charge in [0.1, 0.15) is 12.1 Å². The Bertz CT molecular complexity index is 1500. The van der Waals surface area contributed by atoms with Gasteiger partial charge in [-0.15, -0.1) is 0 Å². The molecule has 2 aromatic heterocycles. The average molecular weight is 432 g/mol. The molecule has 0 N–H and O–H groups in total. The van der Waals surface area contributed by atoms with Crippen LogP contribution in [-0.4, -0.2) is 34.0 Å². The normalized spacial score (nSPS) is 11.8. The predicted molar refractivity (Wildman–Crippen MR) is 117 cm³/mol. The molecule has 0 aliphatic heterocycles.